The summed E-state index contributed by atoms with van der Waals surface area (Å²) in [5.74, 6) is -0.547. The second kappa shape index (κ2) is 9.28. The molecule has 1 fully saturated rings. The normalized spacial score (nSPS) is 18.3. The lowest BCUT2D eigenvalue weighted by molar-refractivity contribution is -0.274. The van der Waals surface area contributed by atoms with Gasteiger partial charge in [0.25, 0.3) is 10.0 Å². The van der Waals surface area contributed by atoms with Crippen molar-refractivity contribution in [2.75, 3.05) is 11.3 Å². The zero-order valence-electron chi connectivity index (χ0n) is 17.2. The van der Waals surface area contributed by atoms with Crippen molar-refractivity contribution in [3.63, 3.8) is 0 Å². The highest BCUT2D eigenvalue weighted by Gasteiger charge is 2.33. The largest absolute Gasteiger partial charge is 0.573 e. The molecule has 1 unspecified atom stereocenters. The molecule has 0 saturated carbocycles. The number of nitrogens with one attached hydrogen (secondary N) is 1. The van der Waals surface area contributed by atoms with E-state index in [1.165, 1.54) is 28.6 Å². The minimum Gasteiger partial charge on any atom is -0.406 e. The maximum Gasteiger partial charge on any atom is 0.573 e. The van der Waals surface area contributed by atoms with E-state index < -0.39 is 32.2 Å². The molecule has 1 aliphatic rings. The summed E-state index contributed by atoms with van der Waals surface area (Å²) >= 11 is 0. The Hall–Kier alpha value is -2.31. The number of halogens is 3. The fourth-order valence-electron chi connectivity index (χ4n) is 3.56. The van der Waals surface area contributed by atoms with E-state index in [9.17, 15) is 30.0 Å². The number of nitrogens with zero attached hydrogens (tertiary/aromatic N) is 1. The van der Waals surface area contributed by atoms with Crippen LogP contribution in [0.2, 0.25) is 0 Å². The number of anilines is 1. The van der Waals surface area contributed by atoms with Crippen LogP contribution < -0.4 is 9.46 Å². The maximum atomic E-state index is 13.0. The lowest BCUT2D eigenvalue weighted by Crippen LogP contribution is -2.43. The Labute approximate surface area is 185 Å². The van der Waals surface area contributed by atoms with E-state index >= 15 is 0 Å². The summed E-state index contributed by atoms with van der Waals surface area (Å²) in [7, 11) is -7.81. The summed E-state index contributed by atoms with van der Waals surface area (Å²) in [5.41, 5.74) is 0.116. The van der Waals surface area contributed by atoms with Crippen molar-refractivity contribution in [2.24, 2.45) is 0 Å². The van der Waals surface area contributed by atoms with Gasteiger partial charge in [-0.25, -0.2) is 16.8 Å². The molecule has 7 nitrogen and oxygen atoms in total. The summed E-state index contributed by atoms with van der Waals surface area (Å²) in [6.07, 6.45) is -1.59. The van der Waals surface area contributed by atoms with Gasteiger partial charge in [-0.1, -0.05) is 13.3 Å². The molecule has 0 aliphatic carbocycles. The number of hydrogen-bond donors (Lipinski definition) is 1. The molecule has 3 rings (SSSR count). The average Bonchev–Trinajstić information content (AvgIpc) is 2.73. The number of sulfonamides is 2. The van der Waals surface area contributed by atoms with Crippen LogP contribution in [-0.2, 0) is 20.0 Å². The van der Waals surface area contributed by atoms with Crippen LogP contribution in [-0.4, -0.2) is 40.1 Å². The molecule has 1 aliphatic heterocycles. The third-order valence-corrected chi connectivity index (χ3v) is 8.49. The highest BCUT2D eigenvalue weighted by atomic mass is 32.2. The molecule has 0 bridgehead atoms. The van der Waals surface area contributed by atoms with Crippen LogP contribution in [0.4, 0.5) is 18.9 Å². The lowest BCUT2D eigenvalue weighted by atomic mass is 10.0. The molecule has 176 valence electrons. The minimum absolute atomic E-state index is 0.0590. The molecule has 1 atom stereocenters. The maximum absolute atomic E-state index is 13.0. The van der Waals surface area contributed by atoms with Crippen molar-refractivity contribution in [1.82, 2.24) is 4.31 Å². The number of ether oxygens (including phenoxy) is 1. The van der Waals surface area contributed by atoms with Crippen LogP contribution in [0.1, 0.15) is 32.6 Å². The van der Waals surface area contributed by atoms with Crippen molar-refractivity contribution in [2.45, 2.75) is 54.8 Å². The van der Waals surface area contributed by atoms with E-state index in [4.69, 9.17) is 0 Å². The molecular weight excluding hydrogens is 469 g/mol. The molecule has 0 spiro atoms. The van der Waals surface area contributed by atoms with Gasteiger partial charge in [-0.05, 0) is 67.8 Å². The minimum atomic E-state index is -4.88. The number of benzene rings is 2. The van der Waals surface area contributed by atoms with Crippen molar-refractivity contribution >= 4 is 25.7 Å². The summed E-state index contributed by atoms with van der Waals surface area (Å²) in [6, 6.07) is 8.99. The van der Waals surface area contributed by atoms with Gasteiger partial charge < -0.3 is 4.74 Å². The van der Waals surface area contributed by atoms with Gasteiger partial charge in [-0.2, -0.15) is 4.31 Å². The van der Waals surface area contributed by atoms with Gasteiger partial charge in [0.15, 0.2) is 0 Å². The first-order valence-corrected chi connectivity index (χ1v) is 12.9. The number of rotatable bonds is 7. The Morgan fingerprint density at radius 1 is 0.969 bits per heavy atom. The van der Waals surface area contributed by atoms with E-state index in [-0.39, 0.29) is 21.5 Å². The Morgan fingerprint density at radius 3 is 2.12 bits per heavy atom. The average molecular weight is 493 g/mol. The summed E-state index contributed by atoms with van der Waals surface area (Å²) < 4.78 is 95.2. The van der Waals surface area contributed by atoms with Gasteiger partial charge in [0.1, 0.15) is 5.75 Å². The number of hydrogen-bond acceptors (Lipinski definition) is 5. The van der Waals surface area contributed by atoms with E-state index in [1.807, 2.05) is 6.92 Å². The predicted molar refractivity (Wildman–Crippen MR) is 112 cm³/mol. The van der Waals surface area contributed by atoms with Crippen LogP contribution in [0.3, 0.4) is 0 Å². The molecule has 12 heteroatoms. The van der Waals surface area contributed by atoms with Gasteiger partial charge in [0.05, 0.1) is 9.79 Å². The van der Waals surface area contributed by atoms with Crippen LogP contribution in [0.25, 0.3) is 0 Å². The Kier molecular flexibility index (Phi) is 7.06. The van der Waals surface area contributed by atoms with Gasteiger partial charge in [-0.15, -0.1) is 13.2 Å². The van der Waals surface area contributed by atoms with Crippen LogP contribution in [0.15, 0.2) is 58.3 Å². The van der Waals surface area contributed by atoms with Gasteiger partial charge in [0.2, 0.25) is 10.0 Å². The van der Waals surface area contributed by atoms with Gasteiger partial charge in [0, 0.05) is 18.3 Å². The molecule has 1 heterocycles. The van der Waals surface area contributed by atoms with Crippen molar-refractivity contribution < 1.29 is 34.7 Å². The molecule has 32 heavy (non-hydrogen) atoms. The Morgan fingerprint density at radius 2 is 1.56 bits per heavy atom. The topological polar surface area (TPSA) is 92.8 Å². The molecule has 0 aromatic heterocycles. The predicted octanol–water partition coefficient (Wildman–Crippen LogP) is 4.34. The highest BCUT2D eigenvalue weighted by Crippen LogP contribution is 2.28. The molecular formula is C20H23F3N2O5S2. The molecule has 1 N–H and O–H groups in total. The van der Waals surface area contributed by atoms with Crippen molar-refractivity contribution in [3.05, 3.63) is 48.5 Å². The Balaban J connectivity index is 1.75. The quantitative estimate of drug-likeness (QED) is 0.621. The van der Waals surface area contributed by atoms with E-state index in [2.05, 4.69) is 9.46 Å². The first-order chi connectivity index (χ1) is 14.9. The van der Waals surface area contributed by atoms with E-state index in [0.29, 0.717) is 13.0 Å². The smallest absolute Gasteiger partial charge is 0.406 e. The fourth-order valence-corrected chi connectivity index (χ4v) is 6.39. The standard InChI is InChI=1S/C20H23F3N2O5S2/c1-2-16-5-3-4-14-25(16)32(28,29)19-10-6-15(7-11-19)24-31(26,27)18-12-8-17(9-13-18)30-20(21,22)23/h6-13,16,24H,2-5,14H2,1H3. The number of piperidine rings is 1. The first kappa shape index (κ1) is 24.3. The molecule has 1 saturated heterocycles. The zero-order chi connectivity index (χ0) is 23.6. The van der Waals surface area contributed by atoms with Crippen LogP contribution in [0, 0.1) is 0 Å². The number of alkyl halides is 3. The summed E-state index contributed by atoms with van der Waals surface area (Å²) in [4.78, 5) is -0.211. The lowest BCUT2D eigenvalue weighted by Gasteiger charge is -2.34. The fraction of sp³-hybridized carbons (Fsp3) is 0.400. The summed E-state index contributed by atoms with van der Waals surface area (Å²) in [6.45, 7) is 2.39. The third kappa shape index (κ3) is 5.73. The molecule has 2 aromatic carbocycles. The highest BCUT2D eigenvalue weighted by molar-refractivity contribution is 7.92. The van der Waals surface area contributed by atoms with Gasteiger partial charge in [-0.3, -0.25) is 4.72 Å². The van der Waals surface area contributed by atoms with Crippen LogP contribution in [0.5, 0.6) is 5.75 Å². The van der Waals surface area contributed by atoms with Crippen molar-refractivity contribution in [1.29, 1.82) is 0 Å². The van der Waals surface area contributed by atoms with E-state index in [1.54, 1.807) is 0 Å². The second-order valence-corrected chi connectivity index (χ2v) is 10.9. The van der Waals surface area contributed by atoms with E-state index in [0.717, 1.165) is 43.5 Å². The molecule has 0 radical (unpaired) electrons. The summed E-state index contributed by atoms with van der Waals surface area (Å²) in [5, 5.41) is 0. The SMILES string of the molecule is CCC1CCCCN1S(=O)(=O)c1ccc(NS(=O)(=O)c2ccc(OC(F)(F)F)cc2)cc1. The first-order valence-electron chi connectivity index (χ1n) is 9.93. The van der Waals surface area contributed by atoms with Crippen LogP contribution >= 0.6 is 0 Å². The monoisotopic (exact) mass is 492 g/mol. The molecule has 2 aromatic rings. The van der Waals surface area contributed by atoms with Crippen molar-refractivity contribution in [3.8, 4) is 5.75 Å². The Bertz CT molecular complexity index is 1130. The third-order valence-electron chi connectivity index (χ3n) is 5.13. The zero-order valence-corrected chi connectivity index (χ0v) is 18.8. The molecule has 0 amide bonds. The van der Waals surface area contributed by atoms with Gasteiger partial charge >= 0.3 is 6.36 Å². The second-order valence-electron chi connectivity index (χ2n) is 7.32.